The van der Waals surface area contributed by atoms with Crippen LogP contribution in [0.1, 0.15) is 24.4 Å². The van der Waals surface area contributed by atoms with Crippen molar-refractivity contribution < 1.29 is 14.3 Å². The Morgan fingerprint density at radius 1 is 1.14 bits per heavy atom. The molecule has 0 aliphatic heterocycles. The maximum absolute atomic E-state index is 12.5. The van der Waals surface area contributed by atoms with E-state index in [1.165, 1.54) is 0 Å². The molecule has 4 rings (SSSR count). The van der Waals surface area contributed by atoms with Crippen molar-refractivity contribution >= 4 is 11.6 Å². The molecule has 3 aromatic rings. The second-order valence-corrected chi connectivity index (χ2v) is 6.67. The van der Waals surface area contributed by atoms with Crippen LogP contribution < -0.4 is 14.8 Å². The van der Waals surface area contributed by atoms with E-state index in [-0.39, 0.29) is 12.3 Å². The fraction of sp³-hybridized carbons (Fsp3) is 0.300. The molecule has 8 heteroatoms. The van der Waals surface area contributed by atoms with Crippen LogP contribution in [0, 0.1) is 0 Å². The molecule has 144 valence electrons. The highest BCUT2D eigenvalue weighted by molar-refractivity contribution is 5.92. The molecule has 0 unspecified atom stereocenters. The zero-order valence-corrected chi connectivity index (χ0v) is 15.8. The number of ether oxygens (including phenoxy) is 2. The number of nitrogens with one attached hydrogen (secondary N) is 1. The van der Waals surface area contributed by atoms with E-state index in [4.69, 9.17) is 9.47 Å². The molecule has 8 nitrogen and oxygen atoms in total. The van der Waals surface area contributed by atoms with Gasteiger partial charge < -0.3 is 14.8 Å². The van der Waals surface area contributed by atoms with Crippen molar-refractivity contribution in [1.82, 2.24) is 20.2 Å². The second-order valence-electron chi connectivity index (χ2n) is 6.67. The molecule has 1 amide bonds. The summed E-state index contributed by atoms with van der Waals surface area (Å²) < 4.78 is 12.4. The summed E-state index contributed by atoms with van der Waals surface area (Å²) in [7, 11) is 3.15. The van der Waals surface area contributed by atoms with Crippen molar-refractivity contribution in [2.45, 2.75) is 25.3 Å². The number of aromatic nitrogens is 4. The van der Waals surface area contributed by atoms with Gasteiger partial charge in [0.25, 0.3) is 0 Å². The van der Waals surface area contributed by atoms with Gasteiger partial charge in [-0.1, -0.05) is 18.2 Å². The highest BCUT2D eigenvalue weighted by atomic mass is 16.5. The average Bonchev–Trinajstić information content (AvgIpc) is 3.44. The molecule has 0 spiro atoms. The lowest BCUT2D eigenvalue weighted by Gasteiger charge is -2.10. The van der Waals surface area contributed by atoms with Gasteiger partial charge in [-0.15, -0.1) is 5.10 Å². The highest BCUT2D eigenvalue weighted by Crippen LogP contribution is 2.36. The number of carbonyl (C=O) groups excluding carboxylic acids is 1. The van der Waals surface area contributed by atoms with E-state index < -0.39 is 0 Å². The lowest BCUT2D eigenvalue weighted by molar-refractivity contribution is -0.115. The molecular formula is C20H21N5O3. The third kappa shape index (κ3) is 3.80. The number of tetrazole rings is 1. The number of methoxy groups -OCH3 is 2. The molecule has 2 aromatic carbocycles. The van der Waals surface area contributed by atoms with Crippen molar-refractivity contribution in [2.75, 3.05) is 19.5 Å². The molecule has 0 atom stereocenters. The van der Waals surface area contributed by atoms with E-state index in [2.05, 4.69) is 20.8 Å². The number of rotatable bonds is 7. The molecule has 1 saturated carbocycles. The number of hydrogen-bond acceptors (Lipinski definition) is 6. The summed E-state index contributed by atoms with van der Waals surface area (Å²) in [5.74, 6) is 1.83. The van der Waals surface area contributed by atoms with E-state index in [0.717, 1.165) is 29.8 Å². The summed E-state index contributed by atoms with van der Waals surface area (Å²) in [6, 6.07) is 13.4. The Morgan fingerprint density at radius 2 is 1.96 bits per heavy atom. The van der Waals surface area contributed by atoms with Gasteiger partial charge in [-0.2, -0.15) is 0 Å². The Labute approximate surface area is 162 Å². The maximum Gasteiger partial charge on any atom is 0.228 e. The van der Waals surface area contributed by atoms with Gasteiger partial charge in [0.2, 0.25) is 5.91 Å². The Balaban J connectivity index is 1.47. The van der Waals surface area contributed by atoms with Crippen molar-refractivity contribution in [1.29, 1.82) is 0 Å². The maximum atomic E-state index is 12.5. The summed E-state index contributed by atoms with van der Waals surface area (Å²) >= 11 is 0. The van der Waals surface area contributed by atoms with Crippen molar-refractivity contribution in [3.63, 3.8) is 0 Å². The fourth-order valence-corrected chi connectivity index (χ4v) is 3.07. The molecule has 0 bridgehead atoms. The van der Waals surface area contributed by atoms with E-state index in [9.17, 15) is 4.79 Å². The van der Waals surface area contributed by atoms with Crippen LogP contribution in [0.3, 0.4) is 0 Å². The van der Waals surface area contributed by atoms with Crippen molar-refractivity contribution in [3.05, 3.63) is 48.0 Å². The number of carbonyl (C=O) groups is 1. The summed E-state index contributed by atoms with van der Waals surface area (Å²) in [5.41, 5.74) is 2.41. The number of benzene rings is 2. The van der Waals surface area contributed by atoms with Crippen molar-refractivity contribution in [3.8, 4) is 22.9 Å². The van der Waals surface area contributed by atoms with E-state index in [1.54, 1.807) is 26.4 Å². The van der Waals surface area contributed by atoms with Gasteiger partial charge in [-0.25, -0.2) is 4.68 Å². The van der Waals surface area contributed by atoms with Gasteiger partial charge in [0, 0.05) is 11.3 Å². The summed E-state index contributed by atoms with van der Waals surface area (Å²) in [4.78, 5) is 12.5. The van der Waals surface area contributed by atoms with Crippen molar-refractivity contribution in [2.24, 2.45) is 0 Å². The van der Waals surface area contributed by atoms with Gasteiger partial charge in [0.05, 0.1) is 26.7 Å². The minimum Gasteiger partial charge on any atom is -0.493 e. The summed E-state index contributed by atoms with van der Waals surface area (Å²) in [6.07, 6.45) is 2.42. The third-order valence-corrected chi connectivity index (χ3v) is 4.60. The zero-order valence-electron chi connectivity index (χ0n) is 15.8. The first-order valence-electron chi connectivity index (χ1n) is 9.07. The third-order valence-electron chi connectivity index (χ3n) is 4.60. The van der Waals surface area contributed by atoms with E-state index in [1.807, 2.05) is 35.0 Å². The van der Waals surface area contributed by atoms with E-state index in [0.29, 0.717) is 23.2 Å². The first kappa shape index (κ1) is 18.0. The number of nitrogens with zero attached hydrogens (tertiary/aromatic N) is 4. The zero-order chi connectivity index (χ0) is 19.5. The molecule has 28 heavy (non-hydrogen) atoms. The number of anilines is 1. The fourth-order valence-electron chi connectivity index (χ4n) is 3.07. The Hall–Kier alpha value is -3.42. The monoisotopic (exact) mass is 379 g/mol. The molecule has 0 saturated heterocycles. The van der Waals surface area contributed by atoms with Crippen LogP contribution in [0.25, 0.3) is 11.4 Å². The Kier molecular flexibility index (Phi) is 4.92. The van der Waals surface area contributed by atoms with Gasteiger partial charge in [0.15, 0.2) is 17.3 Å². The lowest BCUT2D eigenvalue weighted by Crippen LogP contribution is -2.14. The summed E-state index contributed by atoms with van der Waals surface area (Å²) in [6.45, 7) is 0. The molecule has 1 heterocycles. The normalized spacial score (nSPS) is 13.2. The summed E-state index contributed by atoms with van der Waals surface area (Å²) in [5, 5.41) is 14.9. The number of amides is 1. The molecule has 1 aliphatic rings. The van der Waals surface area contributed by atoms with Crippen LogP contribution in [0.5, 0.6) is 11.5 Å². The molecule has 1 fully saturated rings. The first-order valence-corrected chi connectivity index (χ1v) is 9.07. The molecule has 0 radical (unpaired) electrons. The molecule has 1 aromatic heterocycles. The van der Waals surface area contributed by atoms with Crippen LogP contribution in [0.15, 0.2) is 42.5 Å². The van der Waals surface area contributed by atoms with Crippen LogP contribution in [-0.4, -0.2) is 40.3 Å². The largest absolute Gasteiger partial charge is 0.493 e. The van der Waals surface area contributed by atoms with Gasteiger partial charge in [-0.05, 0) is 53.1 Å². The predicted molar refractivity (Wildman–Crippen MR) is 103 cm³/mol. The molecular weight excluding hydrogens is 358 g/mol. The topological polar surface area (TPSA) is 91.2 Å². The van der Waals surface area contributed by atoms with Gasteiger partial charge in [0.1, 0.15) is 0 Å². The molecule has 1 aliphatic carbocycles. The van der Waals surface area contributed by atoms with Crippen LogP contribution in [0.2, 0.25) is 0 Å². The van der Waals surface area contributed by atoms with Crippen LogP contribution in [-0.2, 0) is 11.2 Å². The standard InChI is InChI=1S/C20H21N5O3/c1-27-17-9-6-13(10-18(17)28-2)11-19(26)21-15-5-3-4-14(12-15)20-22-23-24-25(20)16-7-8-16/h3-6,9-10,12,16H,7-8,11H2,1-2H3,(H,21,26). The Morgan fingerprint density at radius 3 is 2.71 bits per heavy atom. The first-order chi connectivity index (χ1) is 13.7. The van der Waals surface area contributed by atoms with Crippen LogP contribution in [0.4, 0.5) is 5.69 Å². The van der Waals surface area contributed by atoms with Gasteiger partial charge >= 0.3 is 0 Å². The highest BCUT2D eigenvalue weighted by Gasteiger charge is 2.28. The van der Waals surface area contributed by atoms with Gasteiger partial charge in [-0.3, -0.25) is 4.79 Å². The predicted octanol–water partition coefficient (Wildman–Crippen LogP) is 2.87. The minimum absolute atomic E-state index is 0.119. The molecule has 1 N–H and O–H groups in total. The van der Waals surface area contributed by atoms with E-state index >= 15 is 0 Å². The average molecular weight is 379 g/mol. The lowest BCUT2D eigenvalue weighted by atomic mass is 10.1. The van der Waals surface area contributed by atoms with Crippen LogP contribution >= 0.6 is 0 Å². The minimum atomic E-state index is -0.119. The smallest absolute Gasteiger partial charge is 0.228 e. The Bertz CT molecular complexity index is 997. The SMILES string of the molecule is COc1ccc(CC(=O)Nc2cccc(-c3nnnn3C3CC3)c2)cc1OC. The number of hydrogen-bond donors (Lipinski definition) is 1. The second kappa shape index (κ2) is 7.67. The quantitative estimate of drug-likeness (QED) is 0.679.